The van der Waals surface area contributed by atoms with Gasteiger partial charge in [-0.05, 0) is 67.2 Å². The Kier molecular flexibility index (Phi) is 9.00. The lowest BCUT2D eigenvalue weighted by molar-refractivity contribution is -0.105. The standard InChI is InChI=1S/C18H21N.C5H8O.C2H6/c1-12-13(2)15(4)19(14(12)3)18-10-9-16-7-5-6-8-17(16)11-18;1-3-5(2)4-6;1-2/h5-12,14H,1-4H3;4H,2-3H2,1H3;1-2H3. The third-order valence-electron chi connectivity index (χ3n) is 5.38. The molecule has 1 aliphatic rings. The van der Waals surface area contributed by atoms with Crippen molar-refractivity contribution in [3.05, 3.63) is 65.9 Å². The Hall–Kier alpha value is -2.35. The maximum absolute atomic E-state index is 9.64. The molecule has 1 aliphatic heterocycles. The first-order valence-corrected chi connectivity index (χ1v) is 9.99. The molecule has 0 saturated carbocycles. The largest absolute Gasteiger partial charge is 0.342 e. The number of carbonyl (C=O) groups is 1. The van der Waals surface area contributed by atoms with Gasteiger partial charge in [0.05, 0.1) is 0 Å². The van der Waals surface area contributed by atoms with Gasteiger partial charge in [-0.1, -0.05) is 64.6 Å². The van der Waals surface area contributed by atoms with Gasteiger partial charge >= 0.3 is 0 Å². The van der Waals surface area contributed by atoms with E-state index >= 15 is 0 Å². The molecule has 2 aromatic carbocycles. The molecule has 2 atom stereocenters. The van der Waals surface area contributed by atoms with Gasteiger partial charge in [0.2, 0.25) is 0 Å². The van der Waals surface area contributed by atoms with Gasteiger partial charge < -0.3 is 4.90 Å². The molecule has 3 rings (SSSR count). The van der Waals surface area contributed by atoms with Crippen LogP contribution in [0.4, 0.5) is 5.69 Å². The second kappa shape index (κ2) is 10.7. The highest BCUT2D eigenvalue weighted by Crippen LogP contribution is 2.37. The molecule has 0 aromatic heterocycles. The fourth-order valence-corrected chi connectivity index (χ4v) is 3.25. The van der Waals surface area contributed by atoms with Crippen molar-refractivity contribution in [3.63, 3.8) is 0 Å². The van der Waals surface area contributed by atoms with Crippen LogP contribution >= 0.6 is 0 Å². The summed E-state index contributed by atoms with van der Waals surface area (Å²) < 4.78 is 0. The minimum Gasteiger partial charge on any atom is -0.342 e. The maximum atomic E-state index is 9.64. The number of hydrogen-bond acceptors (Lipinski definition) is 2. The predicted molar refractivity (Wildman–Crippen MR) is 120 cm³/mol. The fraction of sp³-hybridized carbons (Fsp3) is 0.400. The van der Waals surface area contributed by atoms with E-state index in [1.165, 1.54) is 27.7 Å². The van der Waals surface area contributed by atoms with Gasteiger partial charge in [-0.15, -0.1) is 0 Å². The van der Waals surface area contributed by atoms with Gasteiger partial charge in [0, 0.05) is 17.4 Å². The summed E-state index contributed by atoms with van der Waals surface area (Å²) in [4.78, 5) is 12.1. The van der Waals surface area contributed by atoms with E-state index < -0.39 is 0 Å². The van der Waals surface area contributed by atoms with Crippen LogP contribution < -0.4 is 4.90 Å². The van der Waals surface area contributed by atoms with E-state index in [-0.39, 0.29) is 0 Å². The topological polar surface area (TPSA) is 20.3 Å². The van der Waals surface area contributed by atoms with E-state index in [0.717, 1.165) is 12.7 Å². The quantitative estimate of drug-likeness (QED) is 0.425. The Bertz CT molecular complexity index is 803. The van der Waals surface area contributed by atoms with Gasteiger partial charge in [0.25, 0.3) is 0 Å². The summed E-state index contributed by atoms with van der Waals surface area (Å²) in [5, 5.41) is 2.63. The first-order valence-electron chi connectivity index (χ1n) is 9.99. The van der Waals surface area contributed by atoms with E-state index in [2.05, 4.69) is 81.6 Å². The zero-order valence-corrected chi connectivity index (χ0v) is 18.0. The molecular weight excluding hydrogens is 330 g/mol. The molecule has 0 fully saturated rings. The normalized spacial score (nSPS) is 18.4. The summed E-state index contributed by atoms with van der Waals surface area (Å²) in [5.41, 5.74) is 4.90. The SMILES string of the molecule is C=C(C=O)CC.CC.CC1=C(C)N(c2ccc3ccccc3c2)C(C)C1C. The lowest BCUT2D eigenvalue weighted by Crippen LogP contribution is -2.29. The molecule has 0 N–H and O–H groups in total. The number of hydrogen-bond donors (Lipinski definition) is 0. The number of benzene rings is 2. The molecule has 0 radical (unpaired) electrons. The van der Waals surface area contributed by atoms with Gasteiger partial charge in [-0.25, -0.2) is 0 Å². The lowest BCUT2D eigenvalue weighted by atomic mass is 9.99. The third kappa shape index (κ3) is 5.32. The first kappa shape index (κ1) is 22.7. The summed E-state index contributed by atoms with van der Waals surface area (Å²) >= 11 is 0. The van der Waals surface area contributed by atoms with Crippen molar-refractivity contribution in [2.24, 2.45) is 5.92 Å². The molecule has 2 heteroatoms. The van der Waals surface area contributed by atoms with E-state index in [9.17, 15) is 4.79 Å². The van der Waals surface area contributed by atoms with Gasteiger partial charge in [-0.2, -0.15) is 0 Å². The molecule has 146 valence electrons. The Labute approximate surface area is 165 Å². The molecule has 0 spiro atoms. The number of fused-ring (bicyclic) bond motifs is 1. The molecular formula is C25H35NO. The number of anilines is 1. The van der Waals surface area contributed by atoms with Crippen molar-refractivity contribution >= 4 is 22.7 Å². The molecule has 0 aliphatic carbocycles. The van der Waals surface area contributed by atoms with E-state index in [0.29, 0.717) is 17.5 Å². The Morgan fingerprint density at radius 3 is 2.11 bits per heavy atom. The van der Waals surface area contributed by atoms with Crippen molar-refractivity contribution in [2.75, 3.05) is 4.90 Å². The van der Waals surface area contributed by atoms with Crippen molar-refractivity contribution in [1.29, 1.82) is 0 Å². The van der Waals surface area contributed by atoms with Gasteiger partial charge in [-0.3, -0.25) is 4.79 Å². The number of allylic oxidation sites excluding steroid dienone is 2. The summed E-state index contributed by atoms with van der Waals surface area (Å²) in [6.45, 7) is 18.5. The van der Waals surface area contributed by atoms with E-state index in [1.54, 1.807) is 0 Å². The Morgan fingerprint density at radius 1 is 1.07 bits per heavy atom. The molecule has 0 amide bonds. The van der Waals surface area contributed by atoms with Crippen LogP contribution in [0.15, 0.2) is 65.9 Å². The van der Waals surface area contributed by atoms with Gasteiger partial charge in [0.15, 0.2) is 0 Å². The summed E-state index contributed by atoms with van der Waals surface area (Å²) in [6, 6.07) is 15.9. The monoisotopic (exact) mass is 365 g/mol. The summed E-state index contributed by atoms with van der Waals surface area (Å²) in [7, 11) is 0. The molecule has 27 heavy (non-hydrogen) atoms. The van der Waals surface area contributed by atoms with E-state index in [4.69, 9.17) is 0 Å². The summed E-state index contributed by atoms with van der Waals surface area (Å²) in [5.74, 6) is 0.631. The van der Waals surface area contributed by atoms with Crippen LogP contribution in [0, 0.1) is 5.92 Å². The smallest absolute Gasteiger partial charge is 0.145 e. The second-order valence-corrected chi connectivity index (χ2v) is 6.83. The second-order valence-electron chi connectivity index (χ2n) is 6.83. The fourth-order valence-electron chi connectivity index (χ4n) is 3.25. The van der Waals surface area contributed by atoms with Crippen LogP contribution in [0.25, 0.3) is 10.8 Å². The minimum atomic E-state index is 0.543. The minimum absolute atomic E-state index is 0.543. The van der Waals surface area contributed by atoms with Crippen LogP contribution in [0.1, 0.15) is 54.9 Å². The van der Waals surface area contributed by atoms with Crippen LogP contribution in [0.5, 0.6) is 0 Å². The van der Waals surface area contributed by atoms with Crippen LogP contribution in [0.2, 0.25) is 0 Å². The predicted octanol–water partition coefficient (Wildman–Crippen LogP) is 7.16. The van der Waals surface area contributed by atoms with Gasteiger partial charge in [0.1, 0.15) is 6.29 Å². The zero-order valence-electron chi connectivity index (χ0n) is 18.0. The molecule has 2 nitrogen and oxygen atoms in total. The third-order valence-corrected chi connectivity index (χ3v) is 5.38. The molecule has 2 unspecified atom stereocenters. The average Bonchev–Trinajstić information content (AvgIpc) is 2.91. The Morgan fingerprint density at radius 2 is 1.67 bits per heavy atom. The molecule has 0 bridgehead atoms. The van der Waals surface area contributed by atoms with E-state index in [1.807, 2.05) is 20.8 Å². The molecule has 2 aromatic rings. The first-order chi connectivity index (χ1) is 12.9. The highest BCUT2D eigenvalue weighted by molar-refractivity contribution is 5.86. The highest BCUT2D eigenvalue weighted by Gasteiger charge is 2.31. The highest BCUT2D eigenvalue weighted by atomic mass is 16.1. The molecule has 0 saturated heterocycles. The average molecular weight is 366 g/mol. The number of nitrogens with zero attached hydrogens (tertiary/aromatic N) is 1. The number of aldehydes is 1. The Balaban J connectivity index is 0.000000392. The van der Waals surface area contributed by atoms with Crippen molar-refractivity contribution in [1.82, 2.24) is 0 Å². The maximum Gasteiger partial charge on any atom is 0.145 e. The van der Waals surface area contributed by atoms with Crippen LogP contribution in [0.3, 0.4) is 0 Å². The molecule has 1 heterocycles. The lowest BCUT2D eigenvalue weighted by Gasteiger charge is -2.28. The number of rotatable bonds is 3. The zero-order chi connectivity index (χ0) is 20.6. The van der Waals surface area contributed by atoms with Crippen molar-refractivity contribution in [2.45, 2.75) is 60.9 Å². The van der Waals surface area contributed by atoms with Crippen LogP contribution in [-0.4, -0.2) is 12.3 Å². The summed E-state index contributed by atoms with van der Waals surface area (Å²) in [6.07, 6.45) is 1.55. The van der Waals surface area contributed by atoms with Crippen molar-refractivity contribution in [3.8, 4) is 0 Å². The number of carbonyl (C=O) groups excluding carboxylic acids is 1. The van der Waals surface area contributed by atoms with Crippen LogP contribution in [-0.2, 0) is 4.79 Å². The van der Waals surface area contributed by atoms with Crippen molar-refractivity contribution < 1.29 is 4.79 Å².